The van der Waals surface area contributed by atoms with Gasteiger partial charge in [-0.05, 0) is 30.0 Å². The van der Waals surface area contributed by atoms with Crippen LogP contribution in [0.4, 0.5) is 5.69 Å². The van der Waals surface area contributed by atoms with E-state index >= 15 is 0 Å². The summed E-state index contributed by atoms with van der Waals surface area (Å²) in [6.07, 6.45) is 2.92. The lowest BCUT2D eigenvalue weighted by atomic mass is 10.2. The van der Waals surface area contributed by atoms with Crippen molar-refractivity contribution in [3.63, 3.8) is 0 Å². The molecule has 0 unspecified atom stereocenters. The van der Waals surface area contributed by atoms with Crippen molar-refractivity contribution >= 4 is 28.4 Å². The Balaban J connectivity index is 2.08. The summed E-state index contributed by atoms with van der Waals surface area (Å²) >= 11 is 1.28. The van der Waals surface area contributed by atoms with Crippen LogP contribution in [0.15, 0.2) is 51.8 Å². The Morgan fingerprint density at radius 2 is 2.05 bits per heavy atom. The van der Waals surface area contributed by atoms with Gasteiger partial charge in [-0.15, -0.1) is 0 Å². The van der Waals surface area contributed by atoms with Crippen molar-refractivity contribution in [2.75, 3.05) is 5.73 Å². The number of nitrogens with one attached hydrogen (secondary N) is 1. The van der Waals surface area contributed by atoms with Crippen LogP contribution >= 0.6 is 11.8 Å². The number of H-pyrrole nitrogens is 1. The lowest BCUT2D eigenvalue weighted by molar-refractivity contribution is 0.932. The van der Waals surface area contributed by atoms with Crippen molar-refractivity contribution < 1.29 is 0 Å². The molecule has 0 saturated carbocycles. The van der Waals surface area contributed by atoms with Crippen molar-refractivity contribution in [1.29, 1.82) is 0 Å². The van der Waals surface area contributed by atoms with Gasteiger partial charge in [-0.1, -0.05) is 0 Å². The standard InChI is InChI=1S/C12H9N5OS/c13-7-1-2-8-9(5-7)15-6-16-11(8)19-12-14-4-3-10(18)17-12/h1-6H,13H2,(H,14,17,18). The molecule has 7 heteroatoms. The molecule has 2 aromatic heterocycles. The van der Waals surface area contributed by atoms with Crippen molar-refractivity contribution in [3.05, 3.63) is 47.1 Å². The lowest BCUT2D eigenvalue weighted by Crippen LogP contribution is -2.05. The van der Waals surface area contributed by atoms with E-state index in [1.165, 1.54) is 30.4 Å². The molecular weight excluding hydrogens is 262 g/mol. The van der Waals surface area contributed by atoms with Gasteiger partial charge >= 0.3 is 0 Å². The van der Waals surface area contributed by atoms with Crippen molar-refractivity contribution in [1.82, 2.24) is 19.9 Å². The normalized spacial score (nSPS) is 10.7. The highest BCUT2D eigenvalue weighted by Crippen LogP contribution is 2.28. The smallest absolute Gasteiger partial charge is 0.251 e. The second-order valence-corrected chi connectivity index (χ2v) is 4.77. The SMILES string of the molecule is Nc1ccc2c(Sc3nccc(=O)[nH]3)ncnc2c1. The molecule has 6 nitrogen and oxygen atoms in total. The molecule has 94 valence electrons. The second kappa shape index (κ2) is 4.69. The minimum Gasteiger partial charge on any atom is -0.399 e. The molecule has 0 bridgehead atoms. The zero-order valence-corrected chi connectivity index (χ0v) is 10.5. The number of nitrogens with two attached hydrogens (primary N) is 1. The maximum Gasteiger partial charge on any atom is 0.251 e. The van der Waals surface area contributed by atoms with Gasteiger partial charge in [0, 0.05) is 23.3 Å². The fourth-order valence-electron chi connectivity index (χ4n) is 1.63. The van der Waals surface area contributed by atoms with Crippen LogP contribution in [0, 0.1) is 0 Å². The van der Waals surface area contributed by atoms with Gasteiger partial charge in [0.15, 0.2) is 5.16 Å². The van der Waals surface area contributed by atoms with E-state index in [0.29, 0.717) is 10.8 Å². The zero-order chi connectivity index (χ0) is 13.2. The summed E-state index contributed by atoms with van der Waals surface area (Å²) in [5.41, 5.74) is 6.93. The number of hydrogen-bond acceptors (Lipinski definition) is 6. The van der Waals surface area contributed by atoms with E-state index in [1.807, 2.05) is 6.07 Å². The monoisotopic (exact) mass is 271 g/mol. The molecule has 0 aliphatic rings. The van der Waals surface area contributed by atoms with Gasteiger partial charge in [0.2, 0.25) is 0 Å². The summed E-state index contributed by atoms with van der Waals surface area (Å²) in [7, 11) is 0. The van der Waals surface area contributed by atoms with Gasteiger partial charge in [0.05, 0.1) is 5.52 Å². The van der Waals surface area contributed by atoms with Crippen LogP contribution in [0.5, 0.6) is 0 Å². The minimum atomic E-state index is -0.194. The molecule has 0 radical (unpaired) electrons. The number of benzene rings is 1. The van der Waals surface area contributed by atoms with E-state index in [0.717, 1.165) is 15.9 Å². The molecule has 0 aliphatic heterocycles. The molecule has 3 N–H and O–H groups in total. The van der Waals surface area contributed by atoms with E-state index < -0.39 is 0 Å². The zero-order valence-electron chi connectivity index (χ0n) is 9.70. The molecule has 0 amide bonds. The first-order valence-electron chi connectivity index (χ1n) is 5.46. The first-order valence-corrected chi connectivity index (χ1v) is 6.27. The predicted octanol–water partition coefficient (Wildman–Crippen LogP) is 1.45. The minimum absolute atomic E-state index is 0.194. The first-order chi connectivity index (χ1) is 9.22. The highest BCUT2D eigenvalue weighted by Gasteiger charge is 2.07. The highest BCUT2D eigenvalue weighted by atomic mass is 32.2. The number of nitrogens with zero attached hydrogens (tertiary/aromatic N) is 3. The molecule has 3 rings (SSSR count). The summed E-state index contributed by atoms with van der Waals surface area (Å²) in [5.74, 6) is 0. The van der Waals surface area contributed by atoms with Gasteiger partial charge in [-0.3, -0.25) is 4.79 Å². The Labute approximate surface area is 112 Å². The maximum atomic E-state index is 11.2. The van der Waals surface area contributed by atoms with Crippen molar-refractivity contribution in [2.45, 2.75) is 10.2 Å². The third-order valence-electron chi connectivity index (χ3n) is 2.47. The summed E-state index contributed by atoms with van der Waals surface area (Å²) in [4.78, 5) is 26.3. The topological polar surface area (TPSA) is 97.5 Å². The summed E-state index contributed by atoms with van der Waals surface area (Å²) < 4.78 is 0. The molecule has 0 spiro atoms. The number of anilines is 1. The number of aromatic nitrogens is 4. The third kappa shape index (κ3) is 2.41. The van der Waals surface area contributed by atoms with Gasteiger partial charge in [-0.25, -0.2) is 15.0 Å². The average Bonchev–Trinajstić information content (AvgIpc) is 2.38. The van der Waals surface area contributed by atoms with E-state index in [1.54, 1.807) is 12.1 Å². The predicted molar refractivity (Wildman–Crippen MR) is 72.9 cm³/mol. The van der Waals surface area contributed by atoms with E-state index in [2.05, 4.69) is 19.9 Å². The summed E-state index contributed by atoms with van der Waals surface area (Å²) in [5, 5.41) is 2.08. The van der Waals surface area contributed by atoms with Crippen molar-refractivity contribution in [2.24, 2.45) is 0 Å². The highest BCUT2D eigenvalue weighted by molar-refractivity contribution is 7.99. The number of hydrogen-bond donors (Lipinski definition) is 2. The molecule has 1 aromatic carbocycles. The fourth-order valence-corrected chi connectivity index (χ4v) is 2.46. The average molecular weight is 271 g/mol. The molecule has 3 aromatic rings. The Morgan fingerprint density at radius 3 is 2.89 bits per heavy atom. The molecular formula is C12H9N5OS. The molecule has 0 atom stereocenters. The largest absolute Gasteiger partial charge is 0.399 e. The van der Waals surface area contributed by atoms with Crippen LogP contribution in [0.1, 0.15) is 0 Å². The number of fused-ring (bicyclic) bond motifs is 1. The van der Waals surface area contributed by atoms with Gasteiger partial charge < -0.3 is 10.7 Å². The second-order valence-electron chi connectivity index (χ2n) is 3.80. The van der Waals surface area contributed by atoms with E-state index in [-0.39, 0.29) is 5.56 Å². The van der Waals surface area contributed by atoms with Gasteiger partial charge in [0.1, 0.15) is 11.4 Å². The van der Waals surface area contributed by atoms with Crippen LogP contribution in [-0.4, -0.2) is 19.9 Å². The summed E-state index contributed by atoms with van der Waals surface area (Å²) in [6.45, 7) is 0. The quantitative estimate of drug-likeness (QED) is 0.416. The fraction of sp³-hybridized carbons (Fsp3) is 0. The van der Waals surface area contributed by atoms with Crippen LogP contribution in [-0.2, 0) is 0 Å². The number of aromatic amines is 1. The number of rotatable bonds is 2. The Hall–Kier alpha value is -2.41. The first kappa shape index (κ1) is 11.7. The molecule has 2 heterocycles. The van der Waals surface area contributed by atoms with E-state index in [4.69, 9.17) is 5.73 Å². The van der Waals surface area contributed by atoms with Crippen LogP contribution in [0.25, 0.3) is 10.9 Å². The maximum absolute atomic E-state index is 11.2. The summed E-state index contributed by atoms with van der Waals surface area (Å²) in [6, 6.07) is 6.79. The molecule has 0 fully saturated rings. The molecule has 0 saturated heterocycles. The third-order valence-corrected chi connectivity index (χ3v) is 3.38. The van der Waals surface area contributed by atoms with Crippen molar-refractivity contribution in [3.8, 4) is 0 Å². The molecule has 0 aliphatic carbocycles. The van der Waals surface area contributed by atoms with Crippen LogP contribution in [0.2, 0.25) is 0 Å². The Bertz CT molecular complexity index is 801. The lowest BCUT2D eigenvalue weighted by Gasteiger charge is -2.04. The van der Waals surface area contributed by atoms with Crippen LogP contribution < -0.4 is 11.3 Å². The van der Waals surface area contributed by atoms with Crippen LogP contribution in [0.3, 0.4) is 0 Å². The van der Waals surface area contributed by atoms with Gasteiger partial charge in [0.25, 0.3) is 5.56 Å². The molecule has 19 heavy (non-hydrogen) atoms. The number of nitrogen functional groups attached to an aromatic ring is 1. The Kier molecular flexibility index (Phi) is 2.88. The van der Waals surface area contributed by atoms with Gasteiger partial charge in [-0.2, -0.15) is 0 Å². The Morgan fingerprint density at radius 1 is 1.16 bits per heavy atom. The van der Waals surface area contributed by atoms with E-state index in [9.17, 15) is 4.79 Å².